The molecule has 0 amide bonds. The van der Waals surface area contributed by atoms with Gasteiger partial charge in [-0.25, -0.2) is 0 Å². The average molecular weight is 432 g/mol. The molecule has 0 aliphatic heterocycles. The van der Waals surface area contributed by atoms with Crippen molar-refractivity contribution in [3.05, 3.63) is 23.3 Å². The van der Waals surface area contributed by atoms with Gasteiger partial charge in [0.15, 0.2) is 0 Å². The first-order valence-electron chi connectivity index (χ1n) is 3.69. The first kappa shape index (κ1) is 11.1. The molecule has 0 fully saturated rings. The number of aliphatic hydroxyl groups is 1. The number of phenols is 1. The predicted octanol–water partition coefficient (Wildman–Crippen LogP) is 0.715. The fraction of sp³-hybridized carbons (Fsp3) is 0.125. The van der Waals surface area contributed by atoms with Gasteiger partial charge in [-0.05, 0) is 0 Å². The van der Waals surface area contributed by atoms with Gasteiger partial charge in [-0.2, -0.15) is 0 Å². The molecule has 0 radical (unpaired) electrons. The Balaban J connectivity index is 3.26. The maximum absolute atomic E-state index is 10.5. The van der Waals surface area contributed by atoms with E-state index in [2.05, 4.69) is 11.9 Å². The maximum atomic E-state index is 10.5. The predicted molar refractivity (Wildman–Crippen MR) is 48.0 cm³/mol. The summed E-state index contributed by atoms with van der Waals surface area (Å²) in [5.74, 6) is -0.0582. The van der Waals surface area contributed by atoms with Crippen molar-refractivity contribution in [2.45, 2.75) is 6.61 Å². The van der Waals surface area contributed by atoms with Crippen molar-refractivity contribution in [3.63, 3.8) is 0 Å². The minimum atomic E-state index is -1.31. The third kappa shape index (κ3) is 2.51. The molecule has 66 valence electrons. The second-order valence-corrected chi connectivity index (χ2v) is 11.5. The molecule has 0 bridgehead atoms. The van der Waals surface area contributed by atoms with Crippen LogP contribution in [0, 0.1) is 0 Å². The normalized spacial score (nSPS) is 9.38. The van der Waals surface area contributed by atoms with Crippen molar-refractivity contribution in [2.24, 2.45) is 0 Å². The molecule has 0 saturated carbocycles. The topological polar surface area (TPSA) is 57.5 Å². The van der Waals surface area contributed by atoms with Crippen LogP contribution in [0.2, 0.25) is 0 Å². The molecule has 5 heteroatoms. The van der Waals surface area contributed by atoms with Gasteiger partial charge in [-0.3, -0.25) is 0 Å². The summed E-state index contributed by atoms with van der Waals surface area (Å²) >= 11 is 2.14. The number of carbonyl (C=O) groups is 1. The summed E-state index contributed by atoms with van der Waals surface area (Å²) in [6, 6.07) is 3.12. The van der Waals surface area contributed by atoms with Gasteiger partial charge in [-0.1, -0.05) is 0 Å². The van der Waals surface area contributed by atoms with Crippen molar-refractivity contribution < 1.29 is 37.2 Å². The third-order valence-corrected chi connectivity index (χ3v) is 10.8. The summed E-state index contributed by atoms with van der Waals surface area (Å²) in [5, 5.41) is 18.3. The third-order valence-electron chi connectivity index (χ3n) is 1.79. The number of hydrogen-bond donors (Lipinski definition) is 2. The van der Waals surface area contributed by atoms with Crippen LogP contribution in [0.1, 0.15) is 15.9 Å². The fourth-order valence-corrected chi connectivity index (χ4v) is 8.30. The van der Waals surface area contributed by atoms with Crippen LogP contribution in [0.25, 0.3) is 0 Å². The number of carbonyl (C=O) groups excluding carboxylic acids is 1. The zero-order valence-electron chi connectivity index (χ0n) is 6.83. The van der Waals surface area contributed by atoms with E-state index in [0.29, 0.717) is 11.8 Å². The number of phenolic OH excluding ortho intramolecular Hbond substituents is 1. The Morgan fingerprint density at radius 3 is 2.69 bits per heavy atom. The average Bonchev–Trinajstić information content (AvgIpc) is 2.17. The van der Waals surface area contributed by atoms with Gasteiger partial charge < -0.3 is 0 Å². The van der Waals surface area contributed by atoms with Crippen LogP contribution in [0.4, 0.5) is 0 Å². The quantitative estimate of drug-likeness (QED) is 0.548. The van der Waals surface area contributed by atoms with Gasteiger partial charge in [0.05, 0.1) is 0 Å². The molecule has 3 nitrogen and oxygen atoms in total. The van der Waals surface area contributed by atoms with Gasteiger partial charge in [0.1, 0.15) is 0 Å². The van der Waals surface area contributed by atoms with Crippen molar-refractivity contribution in [1.29, 1.82) is 0 Å². The van der Waals surface area contributed by atoms with E-state index in [0.717, 1.165) is 8.64 Å². The van der Waals surface area contributed by atoms with E-state index in [1.807, 2.05) is 0 Å². The second-order valence-electron chi connectivity index (χ2n) is 2.59. The van der Waals surface area contributed by atoms with E-state index in [4.69, 9.17) is 5.11 Å². The molecule has 0 heterocycles. The molecule has 0 atom stereocenters. The molecule has 1 aromatic rings. The summed E-state index contributed by atoms with van der Waals surface area (Å²) in [7, 11) is 0. The van der Waals surface area contributed by atoms with Crippen molar-refractivity contribution in [2.75, 3.05) is 0 Å². The van der Waals surface area contributed by atoms with Crippen LogP contribution in [0.5, 0.6) is 5.75 Å². The number of benzene rings is 1. The molecule has 0 aliphatic carbocycles. The Morgan fingerprint density at radius 1 is 1.54 bits per heavy atom. The Kier molecular flexibility index (Phi) is 4.35. The Morgan fingerprint density at radius 2 is 2.23 bits per heavy atom. The van der Waals surface area contributed by atoms with Crippen LogP contribution < -0.4 is 3.07 Å². The summed E-state index contributed by atoms with van der Waals surface area (Å²) in [4.78, 5) is 10.5. The van der Waals surface area contributed by atoms with E-state index in [1.54, 1.807) is 6.07 Å². The summed E-state index contributed by atoms with van der Waals surface area (Å²) in [6.45, 7) is -0.0897. The molecule has 0 aliphatic rings. The van der Waals surface area contributed by atoms with Gasteiger partial charge in [-0.15, -0.1) is 0 Å². The van der Waals surface area contributed by atoms with Crippen LogP contribution >= 0.6 is 11.9 Å². The van der Waals surface area contributed by atoms with E-state index in [-0.39, 0.29) is 12.4 Å². The monoisotopic (exact) mass is 432 g/mol. The Hall–Kier alpha value is 0.0651. The Bertz CT molecular complexity index is 327. The van der Waals surface area contributed by atoms with Crippen LogP contribution in [0.3, 0.4) is 0 Å². The molecule has 13 heavy (non-hydrogen) atoms. The summed E-state index contributed by atoms with van der Waals surface area (Å²) < 4.78 is 1.03. The van der Waals surface area contributed by atoms with Gasteiger partial charge >= 0.3 is 94.0 Å². The molecular weight excluding hydrogens is 425 g/mol. The number of aromatic hydroxyl groups is 1. The minimum absolute atomic E-state index is 0.0582. The van der Waals surface area contributed by atoms with Crippen LogP contribution in [-0.4, -0.2) is 16.5 Å². The van der Waals surface area contributed by atoms with Gasteiger partial charge in [0, 0.05) is 0 Å². The SMILES string of the molecule is O=Cc1c[c]([Hg][Br])c(CO)cc1O. The summed E-state index contributed by atoms with van der Waals surface area (Å²) in [6.07, 6.45) is 0.622. The van der Waals surface area contributed by atoms with Gasteiger partial charge in [0.2, 0.25) is 0 Å². The van der Waals surface area contributed by atoms with E-state index >= 15 is 0 Å². The van der Waals surface area contributed by atoms with E-state index in [1.165, 1.54) is 6.07 Å². The fourth-order valence-electron chi connectivity index (χ4n) is 1.06. The molecule has 0 aromatic heterocycles. The number of halogens is 1. The van der Waals surface area contributed by atoms with Crippen molar-refractivity contribution in [3.8, 4) is 5.75 Å². The zero-order valence-corrected chi connectivity index (χ0v) is 13.9. The second kappa shape index (κ2) is 5.07. The first-order valence-corrected chi connectivity index (χ1v) is 18.4. The number of aldehydes is 1. The number of hydrogen-bond acceptors (Lipinski definition) is 3. The first-order chi connectivity index (χ1) is 6.22. The van der Waals surface area contributed by atoms with Crippen LogP contribution in [0.15, 0.2) is 12.1 Å². The molecular formula is C8H7BrHgO3. The number of rotatable bonds is 3. The molecule has 1 aromatic carbocycles. The van der Waals surface area contributed by atoms with Crippen molar-refractivity contribution >= 4 is 21.3 Å². The molecule has 0 saturated heterocycles. The number of aliphatic hydroxyl groups excluding tert-OH is 1. The van der Waals surface area contributed by atoms with E-state index in [9.17, 15) is 9.90 Å². The molecule has 1 rings (SSSR count). The van der Waals surface area contributed by atoms with E-state index < -0.39 is 22.1 Å². The summed E-state index contributed by atoms with van der Waals surface area (Å²) in [5.41, 5.74) is 1.02. The van der Waals surface area contributed by atoms with Gasteiger partial charge in [0.25, 0.3) is 0 Å². The zero-order chi connectivity index (χ0) is 9.84. The Labute approximate surface area is 93.5 Å². The molecule has 0 unspecified atom stereocenters. The van der Waals surface area contributed by atoms with Crippen molar-refractivity contribution in [1.82, 2.24) is 0 Å². The molecule has 2 N–H and O–H groups in total. The standard InChI is InChI=1S/C8H7O3.BrH.Hg/c9-4-6-1-2-7(5-10)8(11)3-6;;/h2-3,5,9,11H,4H2;1H;/q;;+1/p-1. The molecule has 0 spiro atoms. The van der Waals surface area contributed by atoms with Crippen LogP contribution in [-0.2, 0) is 28.8 Å².